The monoisotopic (exact) mass is 398 g/mol. The first kappa shape index (κ1) is 21.1. The van der Waals surface area contributed by atoms with Crippen molar-refractivity contribution < 1.29 is 19.8 Å². The molecule has 0 atom stereocenters. The molecular weight excluding hydrogens is 376 g/mol. The zero-order chi connectivity index (χ0) is 21.3. The van der Waals surface area contributed by atoms with Gasteiger partial charge in [-0.1, -0.05) is 84.9 Å². The second-order valence-electron chi connectivity index (χ2n) is 6.77. The number of allylic oxidation sites excluding steroid dienone is 2. The van der Waals surface area contributed by atoms with E-state index in [-0.39, 0.29) is 24.8 Å². The van der Waals surface area contributed by atoms with E-state index in [9.17, 15) is 9.59 Å². The van der Waals surface area contributed by atoms with Crippen molar-refractivity contribution in [3.63, 3.8) is 0 Å². The van der Waals surface area contributed by atoms with Crippen LogP contribution in [0.2, 0.25) is 0 Å². The molecule has 0 aliphatic heterocycles. The van der Waals surface area contributed by atoms with Crippen molar-refractivity contribution in [3.05, 3.63) is 118 Å². The Balaban J connectivity index is 1.62. The fraction of sp³-hybridized carbons (Fsp3) is 0.0769. The van der Waals surface area contributed by atoms with E-state index < -0.39 is 0 Å². The van der Waals surface area contributed by atoms with E-state index in [1.165, 1.54) is 12.2 Å². The van der Waals surface area contributed by atoms with E-state index in [4.69, 9.17) is 10.2 Å². The maximum Gasteiger partial charge on any atom is 0.185 e. The highest BCUT2D eigenvalue weighted by molar-refractivity contribution is 6.09. The molecule has 0 fully saturated rings. The molecule has 4 nitrogen and oxygen atoms in total. The number of carbonyl (C=O) groups is 2. The van der Waals surface area contributed by atoms with Crippen molar-refractivity contribution in [3.8, 4) is 0 Å². The average Bonchev–Trinajstić information content (AvgIpc) is 2.81. The molecule has 0 bridgehead atoms. The Morgan fingerprint density at radius 3 is 1.20 bits per heavy atom. The lowest BCUT2D eigenvalue weighted by Crippen LogP contribution is -1.98. The average molecular weight is 398 g/mol. The topological polar surface area (TPSA) is 74.6 Å². The minimum atomic E-state index is -0.153. The third kappa shape index (κ3) is 5.70. The maximum atomic E-state index is 12.3. The van der Waals surface area contributed by atoms with Gasteiger partial charge in [-0.15, -0.1) is 0 Å². The molecule has 3 aromatic carbocycles. The van der Waals surface area contributed by atoms with E-state index in [1.807, 2.05) is 24.3 Å². The molecule has 0 amide bonds. The number of hydrogen-bond donors (Lipinski definition) is 2. The van der Waals surface area contributed by atoms with Crippen molar-refractivity contribution in [1.29, 1.82) is 0 Å². The Morgan fingerprint density at radius 1 is 0.567 bits per heavy atom. The Labute approximate surface area is 175 Å². The first-order chi connectivity index (χ1) is 14.6. The van der Waals surface area contributed by atoms with Crippen LogP contribution >= 0.6 is 0 Å². The smallest absolute Gasteiger partial charge is 0.185 e. The first-order valence-corrected chi connectivity index (χ1v) is 9.53. The van der Waals surface area contributed by atoms with Gasteiger partial charge in [0.25, 0.3) is 0 Å². The van der Waals surface area contributed by atoms with E-state index in [0.29, 0.717) is 11.1 Å². The van der Waals surface area contributed by atoms with Crippen LogP contribution < -0.4 is 0 Å². The molecule has 0 aliphatic rings. The second-order valence-corrected chi connectivity index (χ2v) is 6.77. The third-order valence-corrected chi connectivity index (χ3v) is 4.63. The summed E-state index contributed by atoms with van der Waals surface area (Å²) >= 11 is 0. The fourth-order valence-corrected chi connectivity index (χ4v) is 2.80. The van der Waals surface area contributed by atoms with Crippen LogP contribution in [0.5, 0.6) is 0 Å². The molecule has 0 aliphatic carbocycles. The highest BCUT2D eigenvalue weighted by atomic mass is 16.3. The molecule has 0 saturated heterocycles. The zero-order valence-electron chi connectivity index (χ0n) is 16.4. The quantitative estimate of drug-likeness (QED) is 0.434. The normalized spacial score (nSPS) is 11.3. The van der Waals surface area contributed by atoms with E-state index in [0.717, 1.165) is 22.3 Å². The SMILES string of the molecule is O=C(/C=C/c1ccc(CO)cc1)c1ccc(C(=O)/C=C/c2ccc(CO)cc2)cc1. The van der Waals surface area contributed by atoms with Gasteiger partial charge in [0.2, 0.25) is 0 Å². The molecule has 0 heterocycles. The molecule has 2 N–H and O–H groups in total. The standard InChI is InChI=1S/C26H22O4/c27-17-21-5-1-19(2-6-21)9-15-25(29)23-11-13-24(14-12-23)26(30)16-10-20-3-7-22(18-28)8-4-20/h1-16,27-28H,17-18H2/b15-9+,16-10+. The van der Waals surface area contributed by atoms with Gasteiger partial charge < -0.3 is 10.2 Å². The second kappa shape index (κ2) is 10.3. The summed E-state index contributed by atoms with van der Waals surface area (Å²) in [7, 11) is 0. The number of aliphatic hydroxyl groups excluding tert-OH is 2. The molecule has 150 valence electrons. The summed E-state index contributed by atoms with van der Waals surface area (Å²) in [5.41, 5.74) is 4.36. The largest absolute Gasteiger partial charge is 0.392 e. The van der Waals surface area contributed by atoms with Gasteiger partial charge in [-0.2, -0.15) is 0 Å². The van der Waals surface area contributed by atoms with Gasteiger partial charge in [0.1, 0.15) is 0 Å². The van der Waals surface area contributed by atoms with Gasteiger partial charge in [0.05, 0.1) is 13.2 Å². The molecule has 0 spiro atoms. The van der Waals surface area contributed by atoms with Gasteiger partial charge in [0.15, 0.2) is 11.6 Å². The minimum absolute atomic E-state index is 0.0147. The number of hydrogen-bond acceptors (Lipinski definition) is 4. The van der Waals surface area contributed by atoms with Crippen molar-refractivity contribution in [1.82, 2.24) is 0 Å². The van der Waals surface area contributed by atoms with Crippen molar-refractivity contribution in [2.24, 2.45) is 0 Å². The van der Waals surface area contributed by atoms with Gasteiger partial charge in [0, 0.05) is 11.1 Å². The summed E-state index contributed by atoms with van der Waals surface area (Å²) < 4.78 is 0. The minimum Gasteiger partial charge on any atom is -0.392 e. The Bertz CT molecular complexity index is 969. The van der Waals surface area contributed by atoms with E-state index >= 15 is 0 Å². The number of benzene rings is 3. The molecule has 3 aromatic rings. The van der Waals surface area contributed by atoms with Crippen LogP contribution in [0.15, 0.2) is 84.9 Å². The molecule has 30 heavy (non-hydrogen) atoms. The number of rotatable bonds is 8. The lowest BCUT2D eigenvalue weighted by molar-refractivity contribution is 0.103. The molecule has 0 radical (unpaired) electrons. The van der Waals surface area contributed by atoms with Crippen LogP contribution in [0.1, 0.15) is 43.0 Å². The van der Waals surface area contributed by atoms with Crippen LogP contribution in [-0.4, -0.2) is 21.8 Å². The van der Waals surface area contributed by atoms with Crippen molar-refractivity contribution in [2.75, 3.05) is 0 Å². The van der Waals surface area contributed by atoms with Crippen LogP contribution in [0.4, 0.5) is 0 Å². The highest BCUT2D eigenvalue weighted by Gasteiger charge is 2.05. The Kier molecular flexibility index (Phi) is 7.22. The van der Waals surface area contributed by atoms with Crippen LogP contribution in [0.3, 0.4) is 0 Å². The highest BCUT2D eigenvalue weighted by Crippen LogP contribution is 2.12. The molecule has 0 unspecified atom stereocenters. The van der Waals surface area contributed by atoms with Gasteiger partial charge >= 0.3 is 0 Å². The van der Waals surface area contributed by atoms with Crippen LogP contribution in [-0.2, 0) is 13.2 Å². The number of carbonyl (C=O) groups excluding carboxylic acids is 2. The molecule has 0 aromatic heterocycles. The predicted octanol–water partition coefficient (Wildman–Crippen LogP) is 4.46. The lowest BCUT2D eigenvalue weighted by atomic mass is 10.0. The summed E-state index contributed by atoms with van der Waals surface area (Å²) in [4.78, 5) is 24.7. The summed E-state index contributed by atoms with van der Waals surface area (Å²) in [5, 5.41) is 18.1. The molecule has 4 heteroatoms. The molecule has 3 rings (SSSR count). The molecule has 0 saturated carbocycles. The molecular formula is C26H22O4. The van der Waals surface area contributed by atoms with Crippen LogP contribution in [0.25, 0.3) is 12.2 Å². The summed E-state index contributed by atoms with van der Waals surface area (Å²) in [5.74, 6) is -0.306. The third-order valence-electron chi connectivity index (χ3n) is 4.63. The van der Waals surface area contributed by atoms with E-state index in [2.05, 4.69) is 0 Å². The predicted molar refractivity (Wildman–Crippen MR) is 118 cm³/mol. The number of ketones is 2. The van der Waals surface area contributed by atoms with E-state index in [1.54, 1.807) is 60.7 Å². The zero-order valence-corrected chi connectivity index (χ0v) is 16.4. The Hall–Kier alpha value is -3.60. The fourth-order valence-electron chi connectivity index (χ4n) is 2.80. The van der Waals surface area contributed by atoms with Gasteiger partial charge in [-0.05, 0) is 34.4 Å². The maximum absolute atomic E-state index is 12.3. The Morgan fingerprint density at radius 2 is 0.900 bits per heavy atom. The summed E-state index contributed by atoms with van der Waals surface area (Å²) in [6, 6.07) is 21.1. The summed E-state index contributed by atoms with van der Waals surface area (Å²) in [6.45, 7) is -0.0294. The van der Waals surface area contributed by atoms with Crippen LogP contribution in [0, 0.1) is 0 Å². The van der Waals surface area contributed by atoms with Gasteiger partial charge in [-0.25, -0.2) is 0 Å². The lowest BCUT2D eigenvalue weighted by Gasteiger charge is -2.00. The van der Waals surface area contributed by atoms with Crippen molar-refractivity contribution in [2.45, 2.75) is 13.2 Å². The summed E-state index contributed by atoms with van der Waals surface area (Å²) in [6.07, 6.45) is 6.40. The number of aliphatic hydroxyl groups is 2. The first-order valence-electron chi connectivity index (χ1n) is 9.53. The van der Waals surface area contributed by atoms with Gasteiger partial charge in [-0.3, -0.25) is 9.59 Å². The van der Waals surface area contributed by atoms with Crippen molar-refractivity contribution >= 4 is 23.7 Å².